The molecule has 2 aromatic rings. The van der Waals surface area contributed by atoms with E-state index < -0.39 is 0 Å². The second kappa shape index (κ2) is 4.94. The fourth-order valence-corrected chi connectivity index (χ4v) is 3.56. The van der Waals surface area contributed by atoms with Crippen LogP contribution < -0.4 is 10.6 Å². The molecule has 0 saturated carbocycles. The lowest BCUT2D eigenvalue weighted by molar-refractivity contribution is 0.161. The number of aromatic nitrogens is 2. The van der Waals surface area contributed by atoms with Gasteiger partial charge in [-0.05, 0) is 19.4 Å². The van der Waals surface area contributed by atoms with E-state index in [1.165, 1.54) is 4.88 Å². The van der Waals surface area contributed by atoms with Crippen LogP contribution in [0.1, 0.15) is 11.3 Å². The number of nitrogens with two attached hydrogens (primary N) is 1. The van der Waals surface area contributed by atoms with Crippen LogP contribution >= 0.6 is 11.3 Å². The molecular formula is C13H18N4OS. The summed E-state index contributed by atoms with van der Waals surface area (Å²) in [4.78, 5) is 13.3. The zero-order valence-electron chi connectivity index (χ0n) is 11.2. The van der Waals surface area contributed by atoms with Gasteiger partial charge >= 0.3 is 0 Å². The number of nitrogen functional groups attached to an aromatic ring is 1. The van der Waals surface area contributed by atoms with E-state index in [9.17, 15) is 0 Å². The fourth-order valence-electron chi connectivity index (χ4n) is 2.68. The van der Waals surface area contributed by atoms with Crippen molar-refractivity contribution >= 4 is 33.3 Å². The highest BCUT2D eigenvalue weighted by Crippen LogP contribution is 2.33. The Labute approximate surface area is 116 Å². The molecule has 1 aliphatic rings. The quantitative estimate of drug-likeness (QED) is 0.931. The van der Waals surface area contributed by atoms with Crippen molar-refractivity contribution in [3.63, 3.8) is 0 Å². The predicted octanol–water partition coefficient (Wildman–Crippen LogP) is 2.05. The van der Waals surface area contributed by atoms with E-state index in [1.54, 1.807) is 18.4 Å². The number of anilines is 2. The average Bonchev–Trinajstić information content (AvgIpc) is 2.94. The van der Waals surface area contributed by atoms with Crippen LogP contribution in [0.5, 0.6) is 0 Å². The summed E-state index contributed by atoms with van der Waals surface area (Å²) in [6.45, 7) is 4.88. The Morgan fingerprint density at radius 1 is 1.53 bits per heavy atom. The minimum Gasteiger partial charge on any atom is -0.384 e. The second-order valence-electron chi connectivity index (χ2n) is 5.04. The zero-order valence-corrected chi connectivity index (χ0v) is 12.0. The second-order valence-corrected chi connectivity index (χ2v) is 6.27. The molecule has 1 atom stereocenters. The van der Waals surface area contributed by atoms with E-state index in [-0.39, 0.29) is 0 Å². The lowest BCUT2D eigenvalue weighted by Crippen LogP contribution is -2.22. The largest absolute Gasteiger partial charge is 0.384 e. The summed E-state index contributed by atoms with van der Waals surface area (Å²) in [5, 5.41) is 1.12. The van der Waals surface area contributed by atoms with E-state index in [1.807, 2.05) is 0 Å². The fraction of sp³-hybridized carbons (Fsp3) is 0.538. The van der Waals surface area contributed by atoms with Crippen LogP contribution in [0, 0.1) is 12.8 Å². The van der Waals surface area contributed by atoms with Crippen molar-refractivity contribution in [2.45, 2.75) is 13.3 Å². The lowest BCUT2D eigenvalue weighted by atomic mass is 10.1. The maximum atomic E-state index is 5.83. The van der Waals surface area contributed by atoms with Gasteiger partial charge in [0.2, 0.25) is 5.95 Å². The number of methoxy groups -OCH3 is 1. The van der Waals surface area contributed by atoms with Gasteiger partial charge in [-0.1, -0.05) is 0 Å². The number of rotatable bonds is 3. The van der Waals surface area contributed by atoms with E-state index in [0.717, 1.165) is 42.2 Å². The van der Waals surface area contributed by atoms with Crippen LogP contribution in [0.4, 0.5) is 11.8 Å². The molecule has 0 radical (unpaired) electrons. The molecule has 5 nitrogen and oxygen atoms in total. The molecule has 1 aliphatic heterocycles. The van der Waals surface area contributed by atoms with Crippen molar-refractivity contribution in [2.24, 2.45) is 5.92 Å². The Hall–Kier alpha value is -1.40. The first-order valence-electron chi connectivity index (χ1n) is 6.45. The summed E-state index contributed by atoms with van der Waals surface area (Å²) in [7, 11) is 1.76. The van der Waals surface area contributed by atoms with E-state index in [2.05, 4.69) is 27.9 Å². The Bertz CT molecular complexity index is 598. The Morgan fingerprint density at radius 3 is 3.16 bits per heavy atom. The molecule has 0 bridgehead atoms. The molecule has 0 aromatic carbocycles. The molecule has 3 rings (SSSR count). The van der Waals surface area contributed by atoms with Crippen LogP contribution in [-0.4, -0.2) is 36.8 Å². The van der Waals surface area contributed by atoms with Crippen LogP contribution in [0.25, 0.3) is 10.2 Å². The number of aryl methyl sites for hydroxylation is 1. The molecule has 6 heteroatoms. The van der Waals surface area contributed by atoms with Crippen molar-refractivity contribution in [1.82, 2.24) is 9.97 Å². The highest BCUT2D eigenvalue weighted by atomic mass is 32.1. The summed E-state index contributed by atoms with van der Waals surface area (Å²) >= 11 is 1.67. The Morgan fingerprint density at radius 2 is 2.37 bits per heavy atom. The number of hydrogen-bond donors (Lipinski definition) is 1. The molecule has 2 aromatic heterocycles. The van der Waals surface area contributed by atoms with Gasteiger partial charge in [0.15, 0.2) is 0 Å². The molecule has 19 heavy (non-hydrogen) atoms. The van der Waals surface area contributed by atoms with Gasteiger partial charge in [0.25, 0.3) is 0 Å². The van der Waals surface area contributed by atoms with E-state index >= 15 is 0 Å². The van der Waals surface area contributed by atoms with Crippen LogP contribution in [0.15, 0.2) is 6.07 Å². The Balaban J connectivity index is 1.96. The van der Waals surface area contributed by atoms with Gasteiger partial charge in [-0.15, -0.1) is 11.3 Å². The third-order valence-corrected chi connectivity index (χ3v) is 4.45. The number of thiophene rings is 1. The van der Waals surface area contributed by atoms with Crippen molar-refractivity contribution in [3.8, 4) is 0 Å². The Kier molecular flexibility index (Phi) is 3.28. The first-order valence-corrected chi connectivity index (χ1v) is 7.26. The van der Waals surface area contributed by atoms with Gasteiger partial charge in [0.05, 0.1) is 12.0 Å². The first-order chi connectivity index (χ1) is 9.17. The minimum absolute atomic E-state index is 0.361. The maximum Gasteiger partial charge on any atom is 0.223 e. The molecule has 2 N–H and O–H groups in total. The first kappa shape index (κ1) is 12.6. The van der Waals surface area contributed by atoms with Gasteiger partial charge in [-0.2, -0.15) is 4.98 Å². The topological polar surface area (TPSA) is 64.3 Å². The highest BCUT2D eigenvalue weighted by molar-refractivity contribution is 7.18. The minimum atomic E-state index is 0.361. The van der Waals surface area contributed by atoms with Crippen LogP contribution in [-0.2, 0) is 4.74 Å². The highest BCUT2D eigenvalue weighted by Gasteiger charge is 2.25. The summed E-state index contributed by atoms with van der Waals surface area (Å²) in [5.74, 6) is 1.92. The molecule has 1 saturated heterocycles. The SMILES string of the molecule is COCC1CCN(c2nc(N)nc3sc(C)cc23)C1. The van der Waals surface area contributed by atoms with Crippen LogP contribution in [0.2, 0.25) is 0 Å². The normalized spacial score (nSPS) is 19.5. The number of ether oxygens (including phenoxy) is 1. The van der Waals surface area contributed by atoms with Crippen molar-refractivity contribution < 1.29 is 4.74 Å². The van der Waals surface area contributed by atoms with Crippen molar-refractivity contribution in [2.75, 3.05) is 37.4 Å². The summed E-state index contributed by atoms with van der Waals surface area (Å²) in [5.41, 5.74) is 5.83. The third kappa shape index (κ3) is 2.37. The third-order valence-electron chi connectivity index (χ3n) is 3.50. The smallest absolute Gasteiger partial charge is 0.223 e. The summed E-state index contributed by atoms with van der Waals surface area (Å²) in [6, 6.07) is 2.15. The zero-order chi connectivity index (χ0) is 13.4. The lowest BCUT2D eigenvalue weighted by Gasteiger charge is -2.18. The molecule has 0 spiro atoms. The molecule has 102 valence electrons. The molecule has 0 amide bonds. The summed E-state index contributed by atoms with van der Waals surface area (Å²) < 4.78 is 5.24. The molecule has 1 unspecified atom stereocenters. The number of fused-ring (bicyclic) bond motifs is 1. The molecule has 0 aliphatic carbocycles. The standard InChI is InChI=1S/C13H18N4OS/c1-8-5-10-11(15-13(14)16-12(10)19-8)17-4-3-9(6-17)7-18-2/h5,9H,3-4,6-7H2,1-2H3,(H2,14,15,16). The maximum absolute atomic E-state index is 5.83. The van der Waals surface area contributed by atoms with E-state index in [4.69, 9.17) is 10.5 Å². The number of nitrogens with zero attached hydrogens (tertiary/aromatic N) is 3. The average molecular weight is 278 g/mol. The van der Waals surface area contributed by atoms with Crippen molar-refractivity contribution in [1.29, 1.82) is 0 Å². The van der Waals surface area contributed by atoms with Gasteiger partial charge < -0.3 is 15.4 Å². The van der Waals surface area contributed by atoms with Gasteiger partial charge in [0, 0.05) is 31.0 Å². The monoisotopic (exact) mass is 278 g/mol. The molecule has 1 fully saturated rings. The number of hydrogen-bond acceptors (Lipinski definition) is 6. The predicted molar refractivity (Wildman–Crippen MR) is 78.8 cm³/mol. The van der Waals surface area contributed by atoms with Gasteiger partial charge in [-0.25, -0.2) is 4.98 Å². The summed E-state index contributed by atoms with van der Waals surface area (Å²) in [6.07, 6.45) is 1.14. The van der Waals surface area contributed by atoms with E-state index in [0.29, 0.717) is 11.9 Å². The van der Waals surface area contributed by atoms with Crippen LogP contribution in [0.3, 0.4) is 0 Å². The van der Waals surface area contributed by atoms with Gasteiger partial charge in [0.1, 0.15) is 10.6 Å². The molecular weight excluding hydrogens is 260 g/mol. The van der Waals surface area contributed by atoms with Gasteiger partial charge in [-0.3, -0.25) is 0 Å². The van der Waals surface area contributed by atoms with Crippen molar-refractivity contribution in [3.05, 3.63) is 10.9 Å². The molecule has 3 heterocycles.